The fraction of sp³-hybridized carbons (Fsp3) is 0.500. The minimum absolute atomic E-state index is 0.0909. The molecule has 0 radical (unpaired) electrons. The molecule has 2 aromatic rings. The van der Waals surface area contributed by atoms with Crippen LogP contribution in [0.5, 0.6) is 0 Å². The Labute approximate surface area is 176 Å². The maximum atomic E-state index is 12.3. The molecule has 2 aliphatic heterocycles. The summed E-state index contributed by atoms with van der Waals surface area (Å²) in [5.74, 6) is 1.83. The van der Waals surface area contributed by atoms with E-state index in [4.69, 9.17) is 9.90 Å². The molecule has 1 saturated heterocycles. The molecule has 1 aromatic heterocycles. The van der Waals surface area contributed by atoms with Gasteiger partial charge in [-0.1, -0.05) is 12.1 Å². The lowest BCUT2D eigenvalue weighted by Crippen LogP contribution is -2.44. The highest BCUT2D eigenvalue weighted by Crippen LogP contribution is 2.39. The molecule has 8 heteroatoms. The summed E-state index contributed by atoms with van der Waals surface area (Å²) in [7, 11) is 2.18. The highest BCUT2D eigenvalue weighted by Gasteiger charge is 2.32. The molecule has 1 aromatic carbocycles. The molecule has 1 aliphatic carbocycles. The van der Waals surface area contributed by atoms with Crippen LogP contribution in [-0.4, -0.2) is 65.4 Å². The molecule has 2 N–H and O–H groups in total. The quantitative estimate of drug-likeness (QED) is 0.750. The number of rotatable bonds is 4. The standard InChI is InChI=1S/C21H27N5O.CH2O2/c1-24-8-10-25(11-9-24)17-6-4-16(5-7-17)18-12-20(27)23-21-19(18)13-22-26(21)14-15-2-3-15;2-1-3/h4-7,13,15,18H,2-3,8-12,14H2,1H3,(H,23,27);1H,(H,2,3). The lowest BCUT2D eigenvalue weighted by Gasteiger charge is -2.34. The number of hydrogen-bond acceptors (Lipinski definition) is 5. The second-order valence-corrected chi connectivity index (χ2v) is 8.37. The van der Waals surface area contributed by atoms with Gasteiger partial charge in [-0.05, 0) is 43.5 Å². The zero-order chi connectivity index (χ0) is 21.1. The molecule has 0 bridgehead atoms. The van der Waals surface area contributed by atoms with Gasteiger partial charge in [0.05, 0.1) is 6.20 Å². The van der Waals surface area contributed by atoms with Crippen molar-refractivity contribution in [1.82, 2.24) is 14.7 Å². The van der Waals surface area contributed by atoms with E-state index in [1.54, 1.807) is 0 Å². The Kier molecular flexibility index (Phi) is 6.03. The van der Waals surface area contributed by atoms with E-state index in [2.05, 4.69) is 51.5 Å². The van der Waals surface area contributed by atoms with Crippen molar-refractivity contribution in [3.63, 3.8) is 0 Å². The summed E-state index contributed by atoms with van der Waals surface area (Å²) < 4.78 is 2.00. The lowest BCUT2D eigenvalue weighted by atomic mass is 9.87. The molecular formula is C22H29N5O3. The number of fused-ring (bicyclic) bond motifs is 1. The minimum Gasteiger partial charge on any atom is -0.483 e. The number of amides is 1. The molecule has 1 saturated carbocycles. The third kappa shape index (κ3) is 4.48. The zero-order valence-corrected chi connectivity index (χ0v) is 17.3. The number of benzene rings is 1. The van der Waals surface area contributed by atoms with Gasteiger partial charge in [-0.2, -0.15) is 5.10 Å². The smallest absolute Gasteiger partial charge is 0.290 e. The van der Waals surface area contributed by atoms with E-state index < -0.39 is 0 Å². The number of nitrogens with zero attached hydrogens (tertiary/aromatic N) is 4. The largest absolute Gasteiger partial charge is 0.483 e. The van der Waals surface area contributed by atoms with Crippen LogP contribution in [0, 0.1) is 5.92 Å². The van der Waals surface area contributed by atoms with Crippen LogP contribution < -0.4 is 10.2 Å². The molecule has 5 rings (SSSR count). The van der Waals surface area contributed by atoms with Crippen molar-refractivity contribution >= 4 is 23.9 Å². The summed E-state index contributed by atoms with van der Waals surface area (Å²) in [6.45, 7) is 5.02. The minimum atomic E-state index is -0.250. The van der Waals surface area contributed by atoms with E-state index in [1.165, 1.54) is 24.1 Å². The predicted molar refractivity (Wildman–Crippen MR) is 115 cm³/mol. The van der Waals surface area contributed by atoms with Crippen molar-refractivity contribution in [3.8, 4) is 0 Å². The van der Waals surface area contributed by atoms with Gasteiger partial charge in [-0.15, -0.1) is 0 Å². The first-order valence-electron chi connectivity index (χ1n) is 10.6. The summed E-state index contributed by atoms with van der Waals surface area (Å²) in [6.07, 6.45) is 5.01. The summed E-state index contributed by atoms with van der Waals surface area (Å²) in [5, 5.41) is 14.5. The van der Waals surface area contributed by atoms with Gasteiger partial charge in [-0.3, -0.25) is 9.59 Å². The molecule has 1 unspecified atom stereocenters. The molecule has 2 fully saturated rings. The Morgan fingerprint density at radius 3 is 2.47 bits per heavy atom. The van der Waals surface area contributed by atoms with Gasteiger partial charge in [-0.25, -0.2) is 4.68 Å². The maximum Gasteiger partial charge on any atom is 0.290 e. The lowest BCUT2D eigenvalue weighted by molar-refractivity contribution is -0.123. The van der Waals surface area contributed by atoms with Gasteiger partial charge in [0, 0.05) is 56.3 Å². The molecule has 3 aliphatic rings. The third-order valence-corrected chi connectivity index (χ3v) is 6.18. The van der Waals surface area contributed by atoms with Gasteiger partial charge in [0.2, 0.25) is 5.91 Å². The van der Waals surface area contributed by atoms with Gasteiger partial charge < -0.3 is 20.2 Å². The molecule has 0 spiro atoms. The van der Waals surface area contributed by atoms with E-state index in [0.29, 0.717) is 6.42 Å². The number of carbonyl (C=O) groups is 2. The third-order valence-electron chi connectivity index (χ3n) is 6.18. The summed E-state index contributed by atoms with van der Waals surface area (Å²) >= 11 is 0. The average molecular weight is 412 g/mol. The van der Waals surface area contributed by atoms with Crippen molar-refractivity contribution < 1.29 is 14.7 Å². The van der Waals surface area contributed by atoms with Gasteiger partial charge in [0.15, 0.2) is 0 Å². The summed E-state index contributed by atoms with van der Waals surface area (Å²) in [6, 6.07) is 8.81. The number of carboxylic acid groups (broad SMARTS) is 1. The summed E-state index contributed by atoms with van der Waals surface area (Å²) in [5.41, 5.74) is 3.63. The topological polar surface area (TPSA) is 90.7 Å². The second-order valence-electron chi connectivity index (χ2n) is 8.37. The van der Waals surface area contributed by atoms with Crippen molar-refractivity contribution in [1.29, 1.82) is 0 Å². The maximum absolute atomic E-state index is 12.3. The van der Waals surface area contributed by atoms with Crippen LogP contribution in [0.15, 0.2) is 30.5 Å². The van der Waals surface area contributed by atoms with Crippen molar-refractivity contribution in [3.05, 3.63) is 41.6 Å². The van der Waals surface area contributed by atoms with Crippen molar-refractivity contribution in [2.24, 2.45) is 5.92 Å². The van der Waals surface area contributed by atoms with Crippen LogP contribution in [0.4, 0.5) is 11.5 Å². The molecular weight excluding hydrogens is 382 g/mol. The Balaban J connectivity index is 0.000000687. The zero-order valence-electron chi connectivity index (χ0n) is 17.3. The Hall–Kier alpha value is -2.87. The van der Waals surface area contributed by atoms with Gasteiger partial charge >= 0.3 is 0 Å². The number of anilines is 2. The van der Waals surface area contributed by atoms with Crippen molar-refractivity contribution in [2.45, 2.75) is 31.7 Å². The SMILES string of the molecule is CN1CCN(c2ccc(C3CC(=O)Nc4c3cnn4CC3CC3)cc2)CC1.O=CO. The monoisotopic (exact) mass is 411 g/mol. The van der Waals surface area contributed by atoms with Crippen molar-refractivity contribution in [2.75, 3.05) is 43.4 Å². The first-order valence-corrected chi connectivity index (χ1v) is 10.6. The fourth-order valence-corrected chi connectivity index (χ4v) is 4.23. The van der Waals surface area contributed by atoms with Gasteiger partial charge in [0.1, 0.15) is 5.82 Å². The van der Waals surface area contributed by atoms with E-state index in [-0.39, 0.29) is 18.3 Å². The molecule has 160 valence electrons. The van der Waals surface area contributed by atoms with E-state index in [1.807, 2.05) is 10.9 Å². The Bertz CT molecular complexity index is 883. The van der Waals surface area contributed by atoms with Gasteiger partial charge in [0.25, 0.3) is 6.47 Å². The Morgan fingerprint density at radius 1 is 1.17 bits per heavy atom. The predicted octanol–water partition coefficient (Wildman–Crippen LogP) is 2.22. The Morgan fingerprint density at radius 2 is 1.83 bits per heavy atom. The van der Waals surface area contributed by atoms with Crippen LogP contribution in [0.1, 0.15) is 36.3 Å². The number of carbonyl (C=O) groups excluding carboxylic acids is 1. The first-order chi connectivity index (χ1) is 14.6. The highest BCUT2D eigenvalue weighted by molar-refractivity contribution is 5.94. The van der Waals surface area contributed by atoms with E-state index in [9.17, 15) is 4.79 Å². The number of nitrogens with one attached hydrogen (secondary N) is 1. The van der Waals surface area contributed by atoms with Crippen LogP contribution in [0.3, 0.4) is 0 Å². The molecule has 1 amide bonds. The highest BCUT2D eigenvalue weighted by atomic mass is 16.3. The molecule has 8 nitrogen and oxygen atoms in total. The normalized spacial score (nSPS) is 21.3. The average Bonchev–Trinajstić information content (AvgIpc) is 3.48. The van der Waals surface area contributed by atoms with Crippen LogP contribution in [0.25, 0.3) is 0 Å². The number of aromatic nitrogens is 2. The summed E-state index contributed by atoms with van der Waals surface area (Å²) in [4.78, 5) is 25.5. The van der Waals surface area contributed by atoms with E-state index in [0.717, 1.165) is 50.0 Å². The molecule has 1 atom stereocenters. The second kappa shape index (κ2) is 8.87. The number of hydrogen-bond donors (Lipinski definition) is 2. The first kappa shape index (κ1) is 20.4. The number of piperazine rings is 1. The van der Waals surface area contributed by atoms with E-state index >= 15 is 0 Å². The fourth-order valence-electron chi connectivity index (χ4n) is 4.23. The van der Waals surface area contributed by atoms with Crippen LogP contribution in [-0.2, 0) is 16.1 Å². The molecule has 30 heavy (non-hydrogen) atoms. The van der Waals surface area contributed by atoms with Crippen LogP contribution in [0.2, 0.25) is 0 Å². The molecule has 3 heterocycles. The number of likely N-dealkylation sites (N-methyl/N-ethyl adjacent to an activating group) is 1. The van der Waals surface area contributed by atoms with Crippen LogP contribution >= 0.6 is 0 Å².